The molecule has 0 unspecified atom stereocenters. The fourth-order valence-corrected chi connectivity index (χ4v) is 7.67. The van der Waals surface area contributed by atoms with E-state index in [0.29, 0.717) is 64.2 Å². The van der Waals surface area contributed by atoms with Crippen molar-refractivity contribution >= 4 is 29.3 Å². The molecule has 0 aromatic heterocycles. The Morgan fingerprint density at radius 2 is 1.46 bits per heavy atom. The molecule has 1 atom stereocenters. The average Bonchev–Trinajstić information content (AvgIpc) is 3.29. The van der Waals surface area contributed by atoms with Crippen molar-refractivity contribution in [2.24, 2.45) is 0 Å². The number of benzene rings is 2. The van der Waals surface area contributed by atoms with Gasteiger partial charge in [-0.1, -0.05) is 18.2 Å². The highest BCUT2D eigenvalue weighted by atomic mass is 19.4. The van der Waals surface area contributed by atoms with Gasteiger partial charge >= 0.3 is 24.4 Å². The maximum atomic E-state index is 14.0. The second kappa shape index (κ2) is 15.4. The Hall–Kier alpha value is -4.25. The molecule has 6 rings (SSSR count). The molecule has 4 aliphatic heterocycles. The molecule has 0 spiro atoms. The molecule has 0 aliphatic carbocycles. The van der Waals surface area contributed by atoms with E-state index in [-0.39, 0.29) is 44.3 Å². The van der Waals surface area contributed by atoms with E-state index < -0.39 is 59.1 Å². The summed E-state index contributed by atoms with van der Waals surface area (Å²) >= 11 is 0. The van der Waals surface area contributed by atoms with Crippen LogP contribution in [-0.2, 0) is 34.7 Å². The number of rotatable bonds is 6. The van der Waals surface area contributed by atoms with Crippen molar-refractivity contribution in [3.05, 3.63) is 58.7 Å². The molecule has 11 nitrogen and oxygen atoms in total. The summed E-state index contributed by atoms with van der Waals surface area (Å²) in [6, 6.07) is 6.31. The lowest BCUT2D eigenvalue weighted by Gasteiger charge is -2.42. The lowest BCUT2D eigenvalue weighted by molar-refractivity contribution is -0.141. The first-order chi connectivity index (χ1) is 24.7. The molecule has 4 N–H and O–H groups in total. The lowest BCUT2D eigenvalue weighted by Crippen LogP contribution is -2.59. The van der Waals surface area contributed by atoms with Gasteiger partial charge in [-0.05, 0) is 61.4 Å². The Labute approximate surface area is 297 Å². The summed E-state index contributed by atoms with van der Waals surface area (Å²) in [5.41, 5.74) is 1.89. The molecule has 5 amide bonds. The van der Waals surface area contributed by atoms with E-state index in [9.17, 15) is 40.7 Å². The number of hydrogen-bond donors (Lipinski definition) is 3. The van der Waals surface area contributed by atoms with Crippen molar-refractivity contribution < 1.29 is 45.5 Å². The van der Waals surface area contributed by atoms with E-state index in [1.165, 1.54) is 9.80 Å². The third kappa shape index (κ3) is 8.51. The van der Waals surface area contributed by atoms with E-state index in [1.54, 1.807) is 4.90 Å². The molecule has 3 saturated heterocycles. The molecule has 0 radical (unpaired) electrons. The highest BCUT2D eigenvalue weighted by Gasteiger charge is 2.42. The zero-order chi connectivity index (χ0) is 37.2. The molecule has 284 valence electrons. The van der Waals surface area contributed by atoms with Gasteiger partial charge in [-0.25, -0.2) is 9.59 Å². The molecular formula is C35H43F6N7O4. The number of nitrogen functional groups attached to an aromatic ring is 1. The zero-order valence-electron chi connectivity index (χ0n) is 28.6. The smallest absolute Gasteiger partial charge is 0.398 e. The lowest BCUT2D eigenvalue weighted by atomic mass is 9.96. The summed E-state index contributed by atoms with van der Waals surface area (Å²) in [6.07, 6.45) is -7.79. The number of halogens is 6. The third-order valence-corrected chi connectivity index (χ3v) is 10.6. The topological polar surface area (TPSA) is 123 Å². The van der Waals surface area contributed by atoms with Crippen molar-refractivity contribution in [3.63, 3.8) is 0 Å². The van der Waals surface area contributed by atoms with Crippen LogP contribution in [0.4, 0.5) is 47.3 Å². The van der Waals surface area contributed by atoms with Crippen LogP contribution in [0.2, 0.25) is 0 Å². The maximum absolute atomic E-state index is 14.0. The molecule has 0 bridgehead atoms. The van der Waals surface area contributed by atoms with Crippen LogP contribution in [0.25, 0.3) is 0 Å². The number of nitrogens with zero attached hydrogens (tertiary/aromatic N) is 4. The standard InChI is InChI=1S/C35H43F6N7O4/c36-34(37,38)26-19-22(20-27(30(26)42)35(39,40)41)21-29(31(49)46-15-13-45(14-16-46)24-8-17-52-18-9-24)44-32(50)47-10-6-25(7-11-47)48-12-5-23-3-1-2-4-28(23)43-33(48)51/h1-4,19-20,24-25,29H,5-18,21,42H2,(H,43,51)(H,44,50)/t29-/m1/s1. The number of nitrogens with one attached hydrogen (secondary N) is 2. The maximum Gasteiger partial charge on any atom is 0.418 e. The Balaban J connectivity index is 1.17. The van der Waals surface area contributed by atoms with Crippen molar-refractivity contribution in [1.29, 1.82) is 0 Å². The van der Waals surface area contributed by atoms with E-state index >= 15 is 0 Å². The third-order valence-electron chi connectivity index (χ3n) is 10.6. The van der Waals surface area contributed by atoms with Gasteiger partial charge in [0.15, 0.2) is 0 Å². The minimum absolute atomic E-state index is 0.167. The number of piperidine rings is 1. The monoisotopic (exact) mass is 739 g/mol. The van der Waals surface area contributed by atoms with Crippen LogP contribution in [0.5, 0.6) is 0 Å². The normalized spacial score (nSPS) is 20.6. The first kappa shape index (κ1) is 37.5. The van der Waals surface area contributed by atoms with Gasteiger partial charge in [-0.3, -0.25) is 9.69 Å². The number of ether oxygens (including phenoxy) is 1. The first-order valence-electron chi connectivity index (χ1n) is 17.6. The van der Waals surface area contributed by atoms with E-state index in [1.807, 2.05) is 24.3 Å². The summed E-state index contributed by atoms with van der Waals surface area (Å²) in [5, 5.41) is 5.58. The second-order valence-electron chi connectivity index (χ2n) is 13.8. The van der Waals surface area contributed by atoms with E-state index in [0.717, 1.165) is 24.1 Å². The van der Waals surface area contributed by atoms with Crippen LogP contribution in [0.3, 0.4) is 0 Å². The SMILES string of the molecule is Nc1c(C(F)(F)F)cc(C[C@@H](NC(=O)N2CCC(N3CCc4ccccc4NC3=O)CC2)C(=O)N2CCN(C3CCOCC3)CC2)cc1C(F)(F)F. The van der Waals surface area contributed by atoms with Crippen LogP contribution in [0, 0.1) is 0 Å². The van der Waals surface area contributed by atoms with Crippen LogP contribution in [0.15, 0.2) is 36.4 Å². The van der Waals surface area contributed by atoms with Gasteiger partial charge < -0.3 is 35.8 Å². The number of nitrogens with two attached hydrogens (primary N) is 1. The van der Waals surface area contributed by atoms with Gasteiger partial charge in [0.2, 0.25) is 5.91 Å². The van der Waals surface area contributed by atoms with Gasteiger partial charge in [-0.15, -0.1) is 0 Å². The van der Waals surface area contributed by atoms with Crippen molar-refractivity contribution in [2.45, 2.75) is 69.0 Å². The fraction of sp³-hybridized carbons (Fsp3) is 0.571. The summed E-state index contributed by atoms with van der Waals surface area (Å²) in [4.78, 5) is 47.7. The zero-order valence-corrected chi connectivity index (χ0v) is 28.6. The Bertz CT molecular complexity index is 1580. The Morgan fingerprint density at radius 1 is 0.846 bits per heavy atom. The summed E-state index contributed by atoms with van der Waals surface area (Å²) in [5.74, 6) is -0.602. The predicted octanol–water partition coefficient (Wildman–Crippen LogP) is 4.80. The molecule has 17 heteroatoms. The number of likely N-dealkylation sites (tertiary alicyclic amines) is 1. The molecule has 2 aromatic rings. The molecule has 3 fully saturated rings. The Morgan fingerprint density at radius 3 is 2.08 bits per heavy atom. The molecular weight excluding hydrogens is 696 g/mol. The van der Waals surface area contributed by atoms with Crippen LogP contribution in [-0.4, -0.2) is 115 Å². The minimum Gasteiger partial charge on any atom is -0.398 e. The van der Waals surface area contributed by atoms with E-state index in [2.05, 4.69) is 15.5 Å². The average molecular weight is 740 g/mol. The number of urea groups is 2. The predicted molar refractivity (Wildman–Crippen MR) is 179 cm³/mol. The van der Waals surface area contributed by atoms with Gasteiger partial charge in [0.05, 0.1) is 16.8 Å². The van der Waals surface area contributed by atoms with Gasteiger partial charge in [0.25, 0.3) is 0 Å². The summed E-state index contributed by atoms with van der Waals surface area (Å²) in [6.45, 7) is 3.80. The van der Waals surface area contributed by atoms with Crippen LogP contribution >= 0.6 is 0 Å². The minimum atomic E-state index is -5.19. The van der Waals surface area contributed by atoms with Gasteiger partial charge in [-0.2, -0.15) is 26.3 Å². The van der Waals surface area contributed by atoms with Crippen molar-refractivity contribution in [2.75, 3.05) is 70.1 Å². The number of alkyl halides is 6. The fourth-order valence-electron chi connectivity index (χ4n) is 7.67. The summed E-state index contributed by atoms with van der Waals surface area (Å²) in [7, 11) is 0. The highest BCUT2D eigenvalue weighted by Crippen LogP contribution is 2.42. The number of para-hydroxylation sites is 1. The Kier molecular flexibility index (Phi) is 11.1. The second-order valence-corrected chi connectivity index (χ2v) is 13.8. The number of amides is 5. The number of carbonyl (C=O) groups is 3. The van der Waals surface area contributed by atoms with Crippen LogP contribution < -0.4 is 16.4 Å². The quantitative estimate of drug-likeness (QED) is 0.289. The van der Waals surface area contributed by atoms with Crippen molar-refractivity contribution in [3.8, 4) is 0 Å². The number of hydrogen-bond acceptors (Lipinski definition) is 6. The number of fused-ring (bicyclic) bond motifs is 1. The number of anilines is 2. The van der Waals surface area contributed by atoms with Crippen molar-refractivity contribution in [1.82, 2.24) is 24.9 Å². The molecule has 4 aliphatic rings. The largest absolute Gasteiger partial charge is 0.418 e. The number of piperazine rings is 1. The highest BCUT2D eigenvalue weighted by molar-refractivity contribution is 5.91. The number of carbonyl (C=O) groups excluding carboxylic acids is 3. The van der Waals surface area contributed by atoms with Gasteiger partial charge in [0, 0.05) is 83.2 Å². The molecule has 0 saturated carbocycles. The molecule has 52 heavy (non-hydrogen) atoms. The molecule has 4 heterocycles. The first-order valence-corrected chi connectivity index (χ1v) is 17.6. The van der Waals surface area contributed by atoms with E-state index in [4.69, 9.17) is 10.5 Å². The molecule has 2 aromatic carbocycles. The van der Waals surface area contributed by atoms with Gasteiger partial charge in [0.1, 0.15) is 6.04 Å². The summed E-state index contributed by atoms with van der Waals surface area (Å²) < 4.78 is 88.7. The van der Waals surface area contributed by atoms with Crippen LogP contribution in [0.1, 0.15) is 47.9 Å².